The fourth-order valence-corrected chi connectivity index (χ4v) is 1.77. The molecule has 80 valence electrons. The number of aromatic amines is 1. The van der Waals surface area contributed by atoms with Gasteiger partial charge in [-0.1, -0.05) is 0 Å². The van der Waals surface area contributed by atoms with E-state index in [2.05, 4.69) is 20.9 Å². The molecule has 1 N–H and O–H groups in total. The number of hydrogen-bond donors (Lipinski definition) is 1. The summed E-state index contributed by atoms with van der Waals surface area (Å²) >= 11 is 3.10. The minimum absolute atomic E-state index is 0.0468. The highest BCUT2D eigenvalue weighted by atomic mass is 79.9. The van der Waals surface area contributed by atoms with Gasteiger partial charge in [-0.25, -0.2) is 0 Å². The SMILES string of the molecule is CN(C(=O)c1c[nH]c(=O)c(Br)c1)C1CC1. The summed E-state index contributed by atoms with van der Waals surface area (Å²) in [6.45, 7) is 0. The molecule has 1 fully saturated rings. The lowest BCUT2D eigenvalue weighted by Gasteiger charge is -2.15. The van der Waals surface area contributed by atoms with E-state index in [9.17, 15) is 9.59 Å². The first-order valence-electron chi connectivity index (χ1n) is 4.75. The fourth-order valence-electron chi connectivity index (χ4n) is 1.41. The number of hydrogen-bond acceptors (Lipinski definition) is 2. The molecule has 0 unspecified atom stereocenters. The first-order valence-corrected chi connectivity index (χ1v) is 5.54. The molecular formula is C10H11BrN2O2. The van der Waals surface area contributed by atoms with Crippen LogP contribution in [0, 0.1) is 0 Å². The van der Waals surface area contributed by atoms with Crippen LogP contribution in [0.25, 0.3) is 0 Å². The van der Waals surface area contributed by atoms with Gasteiger partial charge in [0.2, 0.25) is 0 Å². The topological polar surface area (TPSA) is 53.2 Å². The molecule has 4 nitrogen and oxygen atoms in total. The van der Waals surface area contributed by atoms with Crippen molar-refractivity contribution in [3.05, 3.63) is 32.7 Å². The summed E-state index contributed by atoms with van der Waals surface area (Å²) in [5.74, 6) is -0.0468. The standard InChI is InChI=1S/C10H11BrN2O2/c1-13(7-2-3-7)10(15)6-4-8(11)9(14)12-5-6/h4-5,7H,2-3H2,1H3,(H,12,14). The smallest absolute Gasteiger partial charge is 0.262 e. The van der Waals surface area contributed by atoms with Crippen molar-refractivity contribution >= 4 is 21.8 Å². The molecule has 1 amide bonds. The van der Waals surface area contributed by atoms with Crippen molar-refractivity contribution in [2.75, 3.05) is 7.05 Å². The maximum atomic E-state index is 11.9. The third-order valence-corrected chi connectivity index (χ3v) is 3.11. The van der Waals surface area contributed by atoms with Gasteiger partial charge in [0, 0.05) is 19.3 Å². The summed E-state index contributed by atoms with van der Waals surface area (Å²) < 4.78 is 0.387. The molecule has 1 aliphatic carbocycles. The van der Waals surface area contributed by atoms with Gasteiger partial charge in [0.1, 0.15) is 0 Å². The molecule has 0 spiro atoms. The molecule has 0 saturated heterocycles. The minimum Gasteiger partial charge on any atom is -0.339 e. The Labute approximate surface area is 95.4 Å². The molecule has 0 atom stereocenters. The Bertz CT molecular complexity index is 451. The molecule has 1 heterocycles. The Kier molecular flexibility index (Phi) is 2.65. The Morgan fingerprint density at radius 3 is 2.80 bits per heavy atom. The van der Waals surface area contributed by atoms with Crippen LogP contribution in [0.3, 0.4) is 0 Å². The summed E-state index contributed by atoms with van der Waals surface area (Å²) in [5, 5.41) is 0. The van der Waals surface area contributed by atoms with Crippen LogP contribution in [0.5, 0.6) is 0 Å². The number of amides is 1. The van der Waals surface area contributed by atoms with Gasteiger partial charge in [0.25, 0.3) is 11.5 Å². The fraction of sp³-hybridized carbons (Fsp3) is 0.400. The Balaban J connectivity index is 2.24. The molecule has 1 saturated carbocycles. The lowest BCUT2D eigenvalue weighted by molar-refractivity contribution is 0.0784. The Morgan fingerprint density at radius 2 is 2.27 bits per heavy atom. The van der Waals surface area contributed by atoms with E-state index in [4.69, 9.17) is 0 Å². The normalized spacial score (nSPS) is 15.1. The highest BCUT2D eigenvalue weighted by Crippen LogP contribution is 2.26. The van der Waals surface area contributed by atoms with Gasteiger partial charge in [-0.05, 0) is 34.8 Å². The van der Waals surface area contributed by atoms with Crippen LogP contribution in [-0.2, 0) is 0 Å². The van der Waals surface area contributed by atoms with E-state index in [1.54, 1.807) is 18.0 Å². The molecule has 1 aliphatic rings. The number of pyridine rings is 1. The Morgan fingerprint density at radius 1 is 1.60 bits per heavy atom. The van der Waals surface area contributed by atoms with Crippen molar-refractivity contribution in [2.24, 2.45) is 0 Å². The van der Waals surface area contributed by atoms with Gasteiger partial charge in [-0.2, -0.15) is 0 Å². The Hall–Kier alpha value is -1.10. The molecule has 0 radical (unpaired) electrons. The molecule has 0 aromatic carbocycles. The first-order chi connectivity index (χ1) is 7.09. The molecule has 2 rings (SSSR count). The van der Waals surface area contributed by atoms with E-state index in [1.165, 1.54) is 6.20 Å². The summed E-state index contributed by atoms with van der Waals surface area (Å²) in [6.07, 6.45) is 3.60. The number of halogens is 1. The first kappa shape index (κ1) is 10.4. The lowest BCUT2D eigenvalue weighted by Crippen LogP contribution is -2.29. The van der Waals surface area contributed by atoms with Gasteiger partial charge in [-0.3, -0.25) is 9.59 Å². The van der Waals surface area contributed by atoms with Crippen LogP contribution in [0.15, 0.2) is 21.5 Å². The molecule has 1 aromatic heterocycles. The highest BCUT2D eigenvalue weighted by molar-refractivity contribution is 9.10. The number of rotatable bonds is 2. The second-order valence-corrected chi connectivity index (χ2v) is 4.57. The molecule has 15 heavy (non-hydrogen) atoms. The van der Waals surface area contributed by atoms with Gasteiger partial charge in [0.15, 0.2) is 0 Å². The van der Waals surface area contributed by atoms with Gasteiger partial charge in [0.05, 0.1) is 10.0 Å². The number of carbonyl (C=O) groups is 1. The zero-order valence-electron chi connectivity index (χ0n) is 8.29. The molecular weight excluding hydrogens is 260 g/mol. The van der Waals surface area contributed by atoms with E-state index in [0.717, 1.165) is 12.8 Å². The maximum absolute atomic E-state index is 11.9. The molecule has 5 heteroatoms. The largest absolute Gasteiger partial charge is 0.339 e. The van der Waals surface area contributed by atoms with Crippen molar-refractivity contribution in [3.63, 3.8) is 0 Å². The van der Waals surface area contributed by atoms with Crippen LogP contribution in [0.2, 0.25) is 0 Å². The van der Waals surface area contributed by atoms with E-state index in [0.29, 0.717) is 16.1 Å². The predicted octanol–water partition coefficient (Wildman–Crippen LogP) is 1.37. The maximum Gasteiger partial charge on any atom is 0.262 e. The van der Waals surface area contributed by atoms with Gasteiger partial charge in [-0.15, -0.1) is 0 Å². The van der Waals surface area contributed by atoms with Gasteiger partial charge < -0.3 is 9.88 Å². The average molecular weight is 271 g/mol. The van der Waals surface area contributed by atoms with E-state index in [-0.39, 0.29) is 11.5 Å². The zero-order chi connectivity index (χ0) is 11.0. The van der Waals surface area contributed by atoms with Crippen molar-refractivity contribution < 1.29 is 4.79 Å². The lowest BCUT2D eigenvalue weighted by atomic mass is 10.2. The number of nitrogens with one attached hydrogen (secondary N) is 1. The molecule has 1 aromatic rings. The average Bonchev–Trinajstić information content (AvgIpc) is 3.03. The third kappa shape index (κ3) is 2.12. The number of nitrogens with zero attached hydrogens (tertiary/aromatic N) is 1. The van der Waals surface area contributed by atoms with E-state index < -0.39 is 0 Å². The quantitative estimate of drug-likeness (QED) is 0.883. The third-order valence-electron chi connectivity index (χ3n) is 2.52. The number of H-pyrrole nitrogens is 1. The van der Waals surface area contributed by atoms with Crippen LogP contribution in [0.4, 0.5) is 0 Å². The van der Waals surface area contributed by atoms with Crippen molar-refractivity contribution in [1.29, 1.82) is 0 Å². The van der Waals surface area contributed by atoms with Crippen LogP contribution < -0.4 is 5.56 Å². The zero-order valence-corrected chi connectivity index (χ0v) is 9.87. The van der Waals surface area contributed by atoms with E-state index >= 15 is 0 Å². The second kappa shape index (κ2) is 3.81. The molecule has 0 bridgehead atoms. The summed E-state index contributed by atoms with van der Waals surface area (Å²) in [7, 11) is 1.79. The van der Waals surface area contributed by atoms with Crippen molar-refractivity contribution in [3.8, 4) is 0 Å². The number of carbonyl (C=O) groups excluding carboxylic acids is 1. The van der Waals surface area contributed by atoms with E-state index in [1.807, 2.05) is 0 Å². The van der Waals surface area contributed by atoms with Crippen molar-refractivity contribution in [2.45, 2.75) is 18.9 Å². The highest BCUT2D eigenvalue weighted by Gasteiger charge is 2.30. The number of aromatic nitrogens is 1. The summed E-state index contributed by atoms with van der Waals surface area (Å²) in [4.78, 5) is 27.2. The van der Waals surface area contributed by atoms with Crippen LogP contribution in [-0.4, -0.2) is 28.9 Å². The van der Waals surface area contributed by atoms with Crippen LogP contribution >= 0.6 is 15.9 Å². The van der Waals surface area contributed by atoms with Crippen LogP contribution in [0.1, 0.15) is 23.2 Å². The van der Waals surface area contributed by atoms with Crippen molar-refractivity contribution in [1.82, 2.24) is 9.88 Å². The summed E-state index contributed by atoms with van der Waals surface area (Å²) in [5.41, 5.74) is 0.288. The monoisotopic (exact) mass is 270 g/mol. The predicted molar refractivity (Wildman–Crippen MR) is 59.9 cm³/mol. The molecule has 0 aliphatic heterocycles. The minimum atomic E-state index is -0.222. The summed E-state index contributed by atoms with van der Waals surface area (Å²) in [6, 6.07) is 1.93. The second-order valence-electron chi connectivity index (χ2n) is 3.71. The van der Waals surface area contributed by atoms with Gasteiger partial charge >= 0.3 is 0 Å².